The number of aromatic hydroxyl groups is 1. The molecule has 0 radical (unpaired) electrons. The second-order valence-corrected chi connectivity index (χ2v) is 8.60. The number of anilines is 2. The summed E-state index contributed by atoms with van der Waals surface area (Å²) in [4.78, 5) is 24.3. The van der Waals surface area contributed by atoms with Crippen LogP contribution in [0.15, 0.2) is 78.0 Å². The number of phenols is 1. The van der Waals surface area contributed by atoms with Crippen molar-refractivity contribution in [3.05, 3.63) is 104 Å². The number of halogens is 1. The molecule has 3 aromatic rings. The Labute approximate surface area is 194 Å². The van der Waals surface area contributed by atoms with E-state index in [-0.39, 0.29) is 18.1 Å². The molecule has 3 aromatic carbocycles. The summed E-state index contributed by atoms with van der Waals surface area (Å²) < 4.78 is 0. The van der Waals surface area contributed by atoms with Crippen molar-refractivity contribution in [3.8, 4) is 5.75 Å². The van der Waals surface area contributed by atoms with Crippen LogP contribution in [0, 0.1) is 10.1 Å². The van der Waals surface area contributed by atoms with Crippen LogP contribution in [0.5, 0.6) is 5.75 Å². The highest BCUT2D eigenvalue weighted by molar-refractivity contribution is 6.31. The topological polar surface area (TPSA) is 104 Å². The Balaban J connectivity index is 1.64. The molecule has 1 heterocycles. The molecule has 33 heavy (non-hydrogen) atoms. The van der Waals surface area contributed by atoms with Gasteiger partial charge in [-0.15, -0.1) is 0 Å². The number of nitrogens with zero attached hydrogens (tertiary/aromatic N) is 1. The molecule has 0 saturated heterocycles. The summed E-state index contributed by atoms with van der Waals surface area (Å²) >= 11 is 6.43. The number of phenolic OH excluding ortho intramolecular Hbond substituents is 1. The van der Waals surface area contributed by atoms with Gasteiger partial charge in [0.05, 0.1) is 22.3 Å². The first-order valence-corrected chi connectivity index (χ1v) is 10.9. The Bertz CT molecular complexity index is 1320. The highest BCUT2D eigenvalue weighted by atomic mass is 35.5. The van der Waals surface area contributed by atoms with Gasteiger partial charge in [0.2, 0.25) is 0 Å². The molecular weight excluding hydrogens is 442 g/mol. The van der Waals surface area contributed by atoms with Gasteiger partial charge in [-0.2, -0.15) is 0 Å². The van der Waals surface area contributed by atoms with E-state index in [0.29, 0.717) is 22.6 Å². The van der Waals surface area contributed by atoms with Gasteiger partial charge in [0.15, 0.2) is 11.5 Å². The maximum Gasteiger partial charge on any atom is 0.311 e. The zero-order valence-electron chi connectivity index (χ0n) is 17.4. The number of ketones is 1. The lowest BCUT2D eigenvalue weighted by Gasteiger charge is -2.30. The first kappa shape index (κ1) is 21.0. The van der Waals surface area contributed by atoms with Crippen LogP contribution >= 0.6 is 11.6 Å². The summed E-state index contributed by atoms with van der Waals surface area (Å²) in [5.41, 5.74) is 3.92. The molecule has 3 N–H and O–H groups in total. The molecular formula is C25H20ClN3O4. The second-order valence-electron chi connectivity index (χ2n) is 8.20. The fourth-order valence-electron chi connectivity index (χ4n) is 4.63. The van der Waals surface area contributed by atoms with E-state index in [4.69, 9.17) is 11.6 Å². The highest BCUT2D eigenvalue weighted by Crippen LogP contribution is 2.46. The van der Waals surface area contributed by atoms with E-state index in [9.17, 15) is 20.0 Å². The predicted molar refractivity (Wildman–Crippen MR) is 127 cm³/mol. The Hall–Kier alpha value is -3.84. The van der Waals surface area contributed by atoms with Gasteiger partial charge in [-0.05, 0) is 47.7 Å². The zero-order valence-corrected chi connectivity index (χ0v) is 18.2. The number of hydrogen-bond donors (Lipinski definition) is 3. The SMILES string of the molecule is O=C1CC(c2ccccc2Cl)CC2=C1C(c1ccc(O)c([N+](=O)[O-])c1)Nc1ccccc1N2. The minimum atomic E-state index is -0.632. The van der Waals surface area contributed by atoms with Crippen LogP contribution < -0.4 is 10.6 Å². The van der Waals surface area contributed by atoms with E-state index in [1.165, 1.54) is 12.1 Å². The number of fused-ring (bicyclic) bond motifs is 1. The van der Waals surface area contributed by atoms with Crippen LogP contribution in [0.25, 0.3) is 0 Å². The molecule has 8 heteroatoms. The van der Waals surface area contributed by atoms with Gasteiger partial charge >= 0.3 is 5.69 Å². The van der Waals surface area contributed by atoms with Crippen LogP contribution in [0.1, 0.15) is 35.9 Å². The molecule has 1 aliphatic carbocycles. The molecule has 0 saturated carbocycles. The molecule has 0 amide bonds. The number of hydrogen-bond acceptors (Lipinski definition) is 6. The van der Waals surface area contributed by atoms with Crippen LogP contribution in [0.4, 0.5) is 17.1 Å². The number of Topliss-reactive ketones (excluding diaryl/α,β-unsaturated/α-hetero) is 1. The van der Waals surface area contributed by atoms with E-state index in [2.05, 4.69) is 10.6 Å². The van der Waals surface area contributed by atoms with Crippen molar-refractivity contribution in [1.82, 2.24) is 0 Å². The fourth-order valence-corrected chi connectivity index (χ4v) is 4.92. The maximum absolute atomic E-state index is 13.5. The molecule has 2 unspecified atom stereocenters. The van der Waals surface area contributed by atoms with Crippen molar-refractivity contribution in [2.45, 2.75) is 24.8 Å². The quantitative estimate of drug-likeness (QED) is 0.329. The van der Waals surface area contributed by atoms with E-state index in [0.717, 1.165) is 22.6 Å². The van der Waals surface area contributed by atoms with E-state index in [1.807, 2.05) is 48.5 Å². The van der Waals surface area contributed by atoms with Crippen LogP contribution in [-0.4, -0.2) is 15.8 Å². The Morgan fingerprint density at radius 1 is 1.00 bits per heavy atom. The van der Waals surface area contributed by atoms with Gasteiger partial charge in [-0.3, -0.25) is 14.9 Å². The van der Waals surface area contributed by atoms with Gasteiger partial charge in [0.25, 0.3) is 0 Å². The van der Waals surface area contributed by atoms with Crippen LogP contribution in [0.2, 0.25) is 5.02 Å². The molecule has 0 spiro atoms. The third kappa shape index (κ3) is 3.81. The number of carbonyl (C=O) groups excluding carboxylic acids is 1. The average molecular weight is 462 g/mol. The minimum Gasteiger partial charge on any atom is -0.502 e. The number of nitro benzene ring substituents is 1. The number of allylic oxidation sites excluding steroid dienone is 1. The van der Waals surface area contributed by atoms with Gasteiger partial charge in [0.1, 0.15) is 0 Å². The molecule has 2 atom stereocenters. The minimum absolute atomic E-state index is 0.0605. The van der Waals surface area contributed by atoms with Crippen LogP contribution in [-0.2, 0) is 4.79 Å². The summed E-state index contributed by atoms with van der Waals surface area (Å²) in [6, 6.07) is 18.7. The monoisotopic (exact) mass is 461 g/mol. The van der Waals surface area contributed by atoms with Crippen molar-refractivity contribution in [1.29, 1.82) is 0 Å². The van der Waals surface area contributed by atoms with Crippen molar-refractivity contribution in [2.75, 3.05) is 10.6 Å². The fraction of sp³-hybridized carbons (Fsp3) is 0.160. The number of para-hydroxylation sites is 2. The Morgan fingerprint density at radius 2 is 1.73 bits per heavy atom. The standard InChI is InChI=1S/C25H20ClN3O4/c26-17-6-2-1-5-16(17)15-11-20-24(23(31)13-15)25(28-19-8-4-3-7-18(19)27-20)14-9-10-22(30)21(12-14)29(32)33/h1-10,12,15,25,27-28,30H,11,13H2. The number of rotatable bonds is 3. The van der Waals surface area contributed by atoms with Gasteiger partial charge < -0.3 is 15.7 Å². The van der Waals surface area contributed by atoms with Crippen molar-refractivity contribution < 1.29 is 14.8 Å². The number of carbonyl (C=O) groups is 1. The normalized spacial score (nSPS) is 19.6. The third-order valence-corrected chi connectivity index (χ3v) is 6.53. The molecule has 0 aromatic heterocycles. The predicted octanol–water partition coefficient (Wildman–Crippen LogP) is 5.93. The summed E-state index contributed by atoms with van der Waals surface area (Å²) in [6.07, 6.45) is 0.844. The molecule has 1 aliphatic heterocycles. The van der Waals surface area contributed by atoms with E-state index >= 15 is 0 Å². The van der Waals surface area contributed by atoms with Gasteiger partial charge in [-0.25, -0.2) is 0 Å². The van der Waals surface area contributed by atoms with Crippen molar-refractivity contribution >= 4 is 34.4 Å². The second kappa shape index (κ2) is 8.26. The summed E-state index contributed by atoms with van der Waals surface area (Å²) in [7, 11) is 0. The number of nitro groups is 1. The van der Waals surface area contributed by atoms with Crippen molar-refractivity contribution in [2.24, 2.45) is 0 Å². The average Bonchev–Trinajstić information content (AvgIpc) is 2.96. The van der Waals surface area contributed by atoms with Crippen molar-refractivity contribution in [3.63, 3.8) is 0 Å². The Kier molecular flexibility index (Phi) is 5.26. The molecule has 166 valence electrons. The van der Waals surface area contributed by atoms with Gasteiger partial charge in [0, 0.05) is 28.8 Å². The maximum atomic E-state index is 13.5. The molecule has 7 nitrogen and oxygen atoms in total. The number of nitrogens with one attached hydrogen (secondary N) is 2. The lowest BCUT2D eigenvalue weighted by atomic mass is 9.78. The summed E-state index contributed by atoms with van der Waals surface area (Å²) in [6.45, 7) is 0. The molecule has 5 rings (SSSR count). The molecule has 0 fully saturated rings. The molecule has 2 aliphatic rings. The lowest BCUT2D eigenvalue weighted by Crippen LogP contribution is -2.27. The largest absolute Gasteiger partial charge is 0.502 e. The smallest absolute Gasteiger partial charge is 0.311 e. The molecule has 0 bridgehead atoms. The van der Waals surface area contributed by atoms with E-state index < -0.39 is 22.4 Å². The number of benzene rings is 3. The summed E-state index contributed by atoms with van der Waals surface area (Å²) in [5.74, 6) is -0.564. The van der Waals surface area contributed by atoms with Gasteiger partial charge in [-0.1, -0.05) is 48.0 Å². The third-order valence-electron chi connectivity index (χ3n) is 6.18. The Morgan fingerprint density at radius 3 is 2.48 bits per heavy atom. The highest BCUT2D eigenvalue weighted by Gasteiger charge is 2.37. The summed E-state index contributed by atoms with van der Waals surface area (Å²) in [5, 5.41) is 28.8. The van der Waals surface area contributed by atoms with Crippen LogP contribution in [0.3, 0.4) is 0 Å². The first-order chi connectivity index (χ1) is 15.9. The zero-order chi connectivity index (χ0) is 23.1. The first-order valence-electron chi connectivity index (χ1n) is 10.5. The van der Waals surface area contributed by atoms with E-state index in [1.54, 1.807) is 6.07 Å². The lowest BCUT2D eigenvalue weighted by molar-refractivity contribution is -0.385.